The molecule has 0 fully saturated rings. The van der Waals surface area contributed by atoms with E-state index in [0.717, 1.165) is 0 Å². The second-order valence-electron chi connectivity index (χ2n) is 0.0816. The van der Waals surface area contributed by atoms with Crippen LogP contribution in [-0.4, -0.2) is 32.5 Å². The predicted octanol–water partition coefficient (Wildman–Crippen LogP) is -0.774. The Kier molecular flexibility index (Phi) is 57.0. The Hall–Kier alpha value is 1.52. The van der Waals surface area contributed by atoms with Crippen LogP contribution in [0.15, 0.2) is 5.34 Å². The molecular formula is H3LaNO2Pb. The van der Waals surface area contributed by atoms with Gasteiger partial charge in [-0.2, -0.15) is 0 Å². The van der Waals surface area contributed by atoms with Crippen molar-refractivity contribution in [2.75, 3.05) is 0 Å². The summed E-state index contributed by atoms with van der Waals surface area (Å²) in [6.45, 7) is 0. The van der Waals surface area contributed by atoms with Crippen LogP contribution in [0.4, 0.5) is 0 Å². The van der Waals surface area contributed by atoms with Crippen molar-refractivity contribution >= 4 is 27.3 Å². The fourth-order valence-corrected chi connectivity index (χ4v) is 0. The first kappa shape index (κ1) is 16.0. The maximum absolute atomic E-state index is 8.11. The zero-order valence-electron chi connectivity index (χ0n) is 2.59. The van der Waals surface area contributed by atoms with Crippen LogP contribution in [0.25, 0.3) is 0 Å². The summed E-state index contributed by atoms with van der Waals surface area (Å²) in [6, 6.07) is 0. The van der Waals surface area contributed by atoms with Gasteiger partial charge in [-0.3, -0.25) is 0 Å². The Bertz CT molecular complexity index is 17.1. The van der Waals surface area contributed by atoms with Crippen molar-refractivity contribution in [2.24, 2.45) is 5.34 Å². The topological polar surface area (TPSA) is 49.7 Å². The van der Waals surface area contributed by atoms with Crippen molar-refractivity contribution in [2.45, 2.75) is 0 Å². The quantitative estimate of drug-likeness (QED) is 0.333. The Balaban J connectivity index is -0.0000000200. The van der Waals surface area contributed by atoms with E-state index in [1.54, 1.807) is 0 Å². The van der Waals surface area contributed by atoms with Crippen molar-refractivity contribution in [3.63, 3.8) is 0 Å². The summed E-state index contributed by atoms with van der Waals surface area (Å²) in [5.74, 6) is 0. The molecule has 0 spiro atoms. The van der Waals surface area contributed by atoms with Crippen molar-refractivity contribution in [3.05, 3.63) is 4.91 Å². The van der Waals surface area contributed by atoms with Crippen molar-refractivity contribution in [1.29, 1.82) is 0 Å². The van der Waals surface area contributed by atoms with Gasteiger partial charge in [-0.05, 0) is 0 Å². The number of rotatable bonds is 0. The Morgan fingerprint density at radius 2 is 1.60 bits per heavy atom. The van der Waals surface area contributed by atoms with Crippen LogP contribution in [-0.2, 0) is 0 Å². The summed E-state index contributed by atoms with van der Waals surface area (Å²) in [6.07, 6.45) is 0. The molecule has 3 radical (unpaired) electrons. The van der Waals surface area contributed by atoms with Gasteiger partial charge in [0.05, 0.1) is 0 Å². The van der Waals surface area contributed by atoms with E-state index in [1.807, 2.05) is 0 Å². The molecular weight excluding hydrogens is 392 g/mol. The van der Waals surface area contributed by atoms with Gasteiger partial charge in [0.1, 0.15) is 0 Å². The van der Waals surface area contributed by atoms with Gasteiger partial charge in [0.15, 0.2) is 5.34 Å². The molecule has 0 saturated carbocycles. The van der Waals surface area contributed by atoms with Crippen molar-refractivity contribution < 1.29 is 40.8 Å². The number of nitrogens with zero attached hydrogens (tertiary/aromatic N) is 1. The first-order valence-electron chi connectivity index (χ1n) is 0.383. The average molecular weight is 395 g/mol. The standard InChI is InChI=1S/La.HNO2.Pb.2H/c;2-1-3;;;/h;(H,2,3);;;. The molecule has 0 rings (SSSR count). The first-order chi connectivity index (χ1) is 1.41. The summed E-state index contributed by atoms with van der Waals surface area (Å²) in [4.78, 5) is 8.11. The van der Waals surface area contributed by atoms with E-state index in [0.29, 0.717) is 0 Å². The van der Waals surface area contributed by atoms with Gasteiger partial charge in [-0.25, -0.2) is 0 Å². The zero-order chi connectivity index (χ0) is 2.71. The predicted molar refractivity (Wildman–Crippen MR) is 16.1 cm³/mol. The summed E-state index contributed by atoms with van der Waals surface area (Å²) in [5.41, 5.74) is 0. The molecule has 0 amide bonds. The molecule has 0 saturated heterocycles. The monoisotopic (exact) mass is 396 g/mol. The summed E-state index contributed by atoms with van der Waals surface area (Å²) in [5, 5.41) is 7.89. The maximum atomic E-state index is 8.11. The second-order valence-corrected chi connectivity index (χ2v) is 0.0816. The summed E-state index contributed by atoms with van der Waals surface area (Å²) in [7, 11) is 0. The minimum atomic E-state index is 0. The molecule has 0 unspecified atom stereocenters. The minimum absolute atomic E-state index is 0. The molecule has 0 aromatic rings. The SMILES string of the molecule is O=NO.[La].[PbH2]. The van der Waals surface area contributed by atoms with E-state index in [4.69, 9.17) is 10.1 Å². The van der Waals surface area contributed by atoms with Crippen LogP contribution in [0.5, 0.6) is 0 Å². The van der Waals surface area contributed by atoms with Crippen LogP contribution in [0.1, 0.15) is 0 Å². The van der Waals surface area contributed by atoms with Gasteiger partial charge in [0.25, 0.3) is 0 Å². The van der Waals surface area contributed by atoms with Crippen LogP contribution < -0.4 is 0 Å². The second kappa shape index (κ2) is 17.8. The fraction of sp³-hybridized carbons (Fsp3) is 0. The molecule has 27 valence electrons. The third kappa shape index (κ3) is 29.7. The molecule has 1 N–H and O–H groups in total. The van der Waals surface area contributed by atoms with Crippen molar-refractivity contribution in [3.8, 4) is 0 Å². The molecule has 0 heterocycles. The molecule has 0 aromatic carbocycles. The van der Waals surface area contributed by atoms with E-state index < -0.39 is 0 Å². The molecule has 3 nitrogen and oxygen atoms in total. The van der Waals surface area contributed by atoms with E-state index in [-0.39, 0.29) is 62.9 Å². The molecule has 5 heavy (non-hydrogen) atoms. The average Bonchev–Trinajstić information content (AvgIpc) is 0.918. The van der Waals surface area contributed by atoms with Crippen LogP contribution in [0.3, 0.4) is 0 Å². The van der Waals surface area contributed by atoms with E-state index >= 15 is 0 Å². The molecule has 0 atom stereocenters. The normalized spacial score (nSPS) is 2.40. The van der Waals surface area contributed by atoms with Crippen LogP contribution >= 0.6 is 0 Å². The molecule has 0 aliphatic rings. The summed E-state index contributed by atoms with van der Waals surface area (Å²) >= 11 is 0. The number of hydrogen-bond acceptors (Lipinski definition) is 2. The van der Waals surface area contributed by atoms with Crippen molar-refractivity contribution in [1.82, 2.24) is 0 Å². The number of hydrogen-bond donors (Lipinski definition) is 1. The Morgan fingerprint density at radius 3 is 1.60 bits per heavy atom. The Labute approximate surface area is 77.2 Å². The van der Waals surface area contributed by atoms with E-state index in [9.17, 15) is 0 Å². The van der Waals surface area contributed by atoms with Crippen LogP contribution in [0.2, 0.25) is 0 Å². The zero-order valence-corrected chi connectivity index (χ0v) is 11.7. The van der Waals surface area contributed by atoms with Gasteiger partial charge >= 0.3 is 27.3 Å². The molecule has 0 aliphatic heterocycles. The molecule has 0 aromatic heterocycles. The van der Waals surface area contributed by atoms with Gasteiger partial charge in [0, 0.05) is 35.6 Å². The van der Waals surface area contributed by atoms with Gasteiger partial charge in [0.2, 0.25) is 0 Å². The van der Waals surface area contributed by atoms with Gasteiger partial charge in [-0.15, -0.1) is 4.91 Å². The fourth-order valence-electron chi connectivity index (χ4n) is 0. The Morgan fingerprint density at radius 1 is 1.60 bits per heavy atom. The third-order valence-corrected chi connectivity index (χ3v) is 0. The van der Waals surface area contributed by atoms with E-state index in [1.165, 1.54) is 5.34 Å². The third-order valence-electron chi connectivity index (χ3n) is 0. The molecule has 0 aliphatic carbocycles. The molecule has 0 bridgehead atoms. The van der Waals surface area contributed by atoms with Gasteiger partial charge < -0.3 is 5.21 Å². The van der Waals surface area contributed by atoms with Crippen LogP contribution in [0, 0.1) is 40.5 Å². The molecule has 5 heteroatoms. The van der Waals surface area contributed by atoms with Gasteiger partial charge in [-0.1, -0.05) is 0 Å². The summed E-state index contributed by atoms with van der Waals surface area (Å²) < 4.78 is 0. The van der Waals surface area contributed by atoms with E-state index in [2.05, 4.69) is 0 Å². The first-order valence-corrected chi connectivity index (χ1v) is 0.383.